The summed E-state index contributed by atoms with van der Waals surface area (Å²) in [6.07, 6.45) is 1.73. The number of benzene rings is 2. The van der Waals surface area contributed by atoms with Gasteiger partial charge in [0.25, 0.3) is 0 Å². The highest BCUT2D eigenvalue weighted by molar-refractivity contribution is 5.42. The lowest BCUT2D eigenvalue weighted by molar-refractivity contribution is 0.288. The molecule has 0 saturated heterocycles. The molecule has 21 heavy (non-hydrogen) atoms. The fraction of sp³-hybridized carbons (Fsp3) is 0.250. The van der Waals surface area contributed by atoms with Gasteiger partial charge in [-0.2, -0.15) is 0 Å². The average Bonchev–Trinajstić information content (AvgIpc) is 2.45. The summed E-state index contributed by atoms with van der Waals surface area (Å²) in [5.74, 6) is -2.14. The van der Waals surface area contributed by atoms with Crippen molar-refractivity contribution in [2.45, 2.75) is 18.9 Å². The van der Waals surface area contributed by atoms with Gasteiger partial charge in [-0.1, -0.05) is 12.1 Å². The Balaban J connectivity index is 2.01. The Labute approximate surface area is 120 Å². The second-order valence-corrected chi connectivity index (χ2v) is 5.08. The zero-order valence-electron chi connectivity index (χ0n) is 11.2. The minimum atomic E-state index is -0.988. The molecule has 0 fully saturated rings. The topological polar surface area (TPSA) is 35.2 Å². The van der Waals surface area contributed by atoms with E-state index in [-0.39, 0.29) is 5.56 Å². The number of rotatable bonds is 2. The maximum Gasteiger partial charge on any atom is 0.134 e. The number of halogens is 3. The molecule has 1 atom stereocenters. The van der Waals surface area contributed by atoms with E-state index in [0.717, 1.165) is 24.2 Å². The molecular weight excluding hydrogens is 279 g/mol. The van der Waals surface area contributed by atoms with Crippen molar-refractivity contribution in [2.24, 2.45) is 5.73 Å². The predicted molar refractivity (Wildman–Crippen MR) is 72.6 cm³/mol. The van der Waals surface area contributed by atoms with Crippen molar-refractivity contribution < 1.29 is 17.9 Å². The number of ether oxygens (including phenoxy) is 1. The molecule has 0 saturated carbocycles. The Morgan fingerprint density at radius 3 is 2.48 bits per heavy atom. The van der Waals surface area contributed by atoms with E-state index in [9.17, 15) is 13.2 Å². The second kappa shape index (κ2) is 5.41. The fourth-order valence-corrected chi connectivity index (χ4v) is 2.59. The first-order valence-electron chi connectivity index (χ1n) is 6.72. The molecule has 0 amide bonds. The highest BCUT2D eigenvalue weighted by atomic mass is 19.1. The Morgan fingerprint density at radius 1 is 1.05 bits per heavy atom. The second-order valence-electron chi connectivity index (χ2n) is 5.08. The van der Waals surface area contributed by atoms with E-state index >= 15 is 0 Å². The molecule has 0 aromatic heterocycles. The third kappa shape index (κ3) is 2.61. The van der Waals surface area contributed by atoms with E-state index in [1.165, 1.54) is 0 Å². The summed E-state index contributed by atoms with van der Waals surface area (Å²) in [6, 6.07) is 5.51. The van der Waals surface area contributed by atoms with Crippen molar-refractivity contribution in [3.63, 3.8) is 0 Å². The van der Waals surface area contributed by atoms with Crippen molar-refractivity contribution in [3.8, 4) is 5.75 Å². The van der Waals surface area contributed by atoms with Gasteiger partial charge in [0, 0.05) is 17.7 Å². The largest absolute Gasteiger partial charge is 0.493 e. The van der Waals surface area contributed by atoms with Crippen molar-refractivity contribution in [1.29, 1.82) is 0 Å². The van der Waals surface area contributed by atoms with Crippen LogP contribution in [0.25, 0.3) is 0 Å². The number of hydrogen-bond acceptors (Lipinski definition) is 2. The monoisotopic (exact) mass is 293 g/mol. The molecule has 1 aliphatic heterocycles. The molecule has 1 aliphatic rings. The van der Waals surface area contributed by atoms with Crippen molar-refractivity contribution in [1.82, 2.24) is 0 Å². The maximum absolute atomic E-state index is 13.8. The molecular formula is C16H14F3NO. The molecule has 5 heteroatoms. The van der Waals surface area contributed by atoms with Gasteiger partial charge in [0.05, 0.1) is 12.6 Å². The number of nitrogens with two attached hydrogens (primary N) is 1. The van der Waals surface area contributed by atoms with E-state index in [4.69, 9.17) is 10.5 Å². The van der Waals surface area contributed by atoms with Crippen LogP contribution >= 0.6 is 0 Å². The summed E-state index contributed by atoms with van der Waals surface area (Å²) < 4.78 is 46.1. The van der Waals surface area contributed by atoms with Crippen molar-refractivity contribution >= 4 is 0 Å². The summed E-state index contributed by atoms with van der Waals surface area (Å²) in [4.78, 5) is 0. The van der Waals surface area contributed by atoms with E-state index in [0.29, 0.717) is 24.3 Å². The summed E-state index contributed by atoms with van der Waals surface area (Å²) in [5.41, 5.74) is 7.17. The standard InChI is InChI=1S/C16H14F3NO/c17-11-7-12(18)15(13(19)8-11)16(20)10-3-4-14-9(6-10)2-1-5-21-14/h3-4,6-8,16H,1-2,5,20H2. The Kier molecular flexibility index (Phi) is 3.59. The van der Waals surface area contributed by atoms with Gasteiger partial charge in [-0.3, -0.25) is 0 Å². The number of hydrogen-bond donors (Lipinski definition) is 1. The Bertz CT molecular complexity index is 664. The summed E-state index contributed by atoms with van der Waals surface area (Å²) >= 11 is 0. The van der Waals surface area contributed by atoms with Crippen molar-refractivity contribution in [3.05, 3.63) is 64.5 Å². The molecule has 2 nitrogen and oxygen atoms in total. The summed E-state index contributed by atoms with van der Waals surface area (Å²) in [6.45, 7) is 0.666. The lowest BCUT2D eigenvalue weighted by atomic mass is 9.95. The van der Waals surface area contributed by atoms with Crippen LogP contribution < -0.4 is 10.5 Å². The predicted octanol–water partition coefficient (Wildman–Crippen LogP) is 3.48. The van der Waals surface area contributed by atoms with Gasteiger partial charge < -0.3 is 10.5 Å². The van der Waals surface area contributed by atoms with Crippen LogP contribution in [0.5, 0.6) is 5.75 Å². The molecule has 0 spiro atoms. The SMILES string of the molecule is NC(c1ccc2c(c1)CCCO2)c1c(F)cc(F)cc1F. The molecule has 1 unspecified atom stereocenters. The van der Waals surface area contributed by atoms with Gasteiger partial charge in [0.15, 0.2) is 0 Å². The number of fused-ring (bicyclic) bond motifs is 1. The average molecular weight is 293 g/mol. The maximum atomic E-state index is 13.8. The zero-order chi connectivity index (χ0) is 15.0. The van der Waals surface area contributed by atoms with Crippen LogP contribution in [0.3, 0.4) is 0 Å². The Hall–Kier alpha value is -2.01. The first kappa shape index (κ1) is 13.9. The van der Waals surface area contributed by atoms with Crippen LogP contribution in [0, 0.1) is 17.5 Å². The van der Waals surface area contributed by atoms with Crippen LogP contribution in [0.1, 0.15) is 29.2 Å². The van der Waals surface area contributed by atoms with Gasteiger partial charge in [-0.05, 0) is 30.0 Å². The van der Waals surface area contributed by atoms with Gasteiger partial charge in [-0.15, -0.1) is 0 Å². The minimum absolute atomic E-state index is 0.326. The smallest absolute Gasteiger partial charge is 0.134 e. The molecule has 2 N–H and O–H groups in total. The van der Waals surface area contributed by atoms with Gasteiger partial charge in [0.2, 0.25) is 0 Å². The normalized spacial score (nSPS) is 15.2. The van der Waals surface area contributed by atoms with Crippen LogP contribution in [-0.2, 0) is 6.42 Å². The summed E-state index contributed by atoms with van der Waals surface area (Å²) in [5, 5.41) is 0. The third-order valence-electron chi connectivity index (χ3n) is 3.65. The fourth-order valence-electron chi connectivity index (χ4n) is 2.59. The lowest BCUT2D eigenvalue weighted by Crippen LogP contribution is -2.17. The van der Waals surface area contributed by atoms with E-state index < -0.39 is 23.5 Å². The van der Waals surface area contributed by atoms with Gasteiger partial charge in [0.1, 0.15) is 23.2 Å². The highest BCUT2D eigenvalue weighted by Gasteiger charge is 2.21. The Morgan fingerprint density at radius 2 is 1.76 bits per heavy atom. The van der Waals surface area contributed by atoms with E-state index in [1.54, 1.807) is 18.2 Å². The molecule has 110 valence electrons. The van der Waals surface area contributed by atoms with Gasteiger partial charge >= 0.3 is 0 Å². The molecule has 0 bridgehead atoms. The lowest BCUT2D eigenvalue weighted by Gasteiger charge is -2.20. The molecule has 0 radical (unpaired) electrons. The molecule has 0 aliphatic carbocycles. The first-order valence-corrected chi connectivity index (χ1v) is 6.72. The quantitative estimate of drug-likeness (QED) is 0.920. The first-order chi connectivity index (χ1) is 10.1. The highest BCUT2D eigenvalue weighted by Crippen LogP contribution is 2.31. The van der Waals surface area contributed by atoms with Crippen LogP contribution in [-0.4, -0.2) is 6.61 Å². The summed E-state index contributed by atoms with van der Waals surface area (Å²) in [7, 11) is 0. The van der Waals surface area contributed by atoms with Crippen LogP contribution in [0.2, 0.25) is 0 Å². The molecule has 2 aromatic rings. The minimum Gasteiger partial charge on any atom is -0.493 e. The third-order valence-corrected chi connectivity index (χ3v) is 3.65. The molecule has 3 rings (SSSR count). The molecule has 1 heterocycles. The van der Waals surface area contributed by atoms with Crippen LogP contribution in [0.15, 0.2) is 30.3 Å². The zero-order valence-corrected chi connectivity index (χ0v) is 11.2. The molecule has 2 aromatic carbocycles. The van der Waals surface area contributed by atoms with E-state index in [2.05, 4.69) is 0 Å². The van der Waals surface area contributed by atoms with Crippen molar-refractivity contribution in [2.75, 3.05) is 6.61 Å². The van der Waals surface area contributed by atoms with Gasteiger partial charge in [-0.25, -0.2) is 13.2 Å². The van der Waals surface area contributed by atoms with E-state index in [1.807, 2.05) is 0 Å². The van der Waals surface area contributed by atoms with Crippen LogP contribution in [0.4, 0.5) is 13.2 Å². The number of aryl methyl sites for hydroxylation is 1.